The molecule has 0 heterocycles. The van der Waals surface area contributed by atoms with Gasteiger partial charge in [0.2, 0.25) is 0 Å². The molecule has 0 saturated heterocycles. The summed E-state index contributed by atoms with van der Waals surface area (Å²) >= 11 is 0. The standard InChI is InChI=1S/C11H18N2O2/c1-11(2,3)15-10(14)13-12-9-7-5-4-6-8-9/h5,7H,4,6,8H2,1-3H3,(H,13,14)/b12-9+. The van der Waals surface area contributed by atoms with E-state index in [0.717, 1.165) is 25.0 Å². The molecule has 1 aliphatic carbocycles. The summed E-state index contributed by atoms with van der Waals surface area (Å²) in [5.41, 5.74) is 2.80. The molecule has 4 nitrogen and oxygen atoms in total. The first-order valence-corrected chi connectivity index (χ1v) is 5.19. The van der Waals surface area contributed by atoms with E-state index in [-0.39, 0.29) is 0 Å². The van der Waals surface area contributed by atoms with Crippen molar-refractivity contribution >= 4 is 11.8 Å². The van der Waals surface area contributed by atoms with E-state index in [0.29, 0.717) is 0 Å². The third kappa shape index (κ3) is 5.20. The van der Waals surface area contributed by atoms with Gasteiger partial charge in [-0.2, -0.15) is 5.10 Å². The number of nitrogens with one attached hydrogen (secondary N) is 1. The fourth-order valence-electron chi connectivity index (χ4n) is 1.22. The summed E-state index contributed by atoms with van der Waals surface area (Å²) in [6, 6.07) is 0. The largest absolute Gasteiger partial charge is 0.443 e. The van der Waals surface area contributed by atoms with E-state index < -0.39 is 11.7 Å². The molecule has 1 amide bonds. The van der Waals surface area contributed by atoms with Gasteiger partial charge < -0.3 is 4.74 Å². The van der Waals surface area contributed by atoms with Crippen molar-refractivity contribution in [1.29, 1.82) is 0 Å². The molecule has 0 aromatic carbocycles. The van der Waals surface area contributed by atoms with E-state index >= 15 is 0 Å². The van der Waals surface area contributed by atoms with Gasteiger partial charge in [-0.25, -0.2) is 10.2 Å². The van der Waals surface area contributed by atoms with Crippen LogP contribution in [-0.4, -0.2) is 17.4 Å². The van der Waals surface area contributed by atoms with Crippen LogP contribution < -0.4 is 5.43 Å². The Bertz CT molecular complexity index is 287. The average Bonchev–Trinajstić information content (AvgIpc) is 2.14. The highest BCUT2D eigenvalue weighted by atomic mass is 16.6. The lowest BCUT2D eigenvalue weighted by molar-refractivity contribution is 0.0529. The molecule has 0 spiro atoms. The minimum absolute atomic E-state index is 0.479. The molecule has 1 rings (SSSR count). The van der Waals surface area contributed by atoms with Gasteiger partial charge in [0.15, 0.2) is 0 Å². The first-order chi connectivity index (χ1) is 6.97. The third-order valence-electron chi connectivity index (χ3n) is 1.80. The molecule has 0 radical (unpaired) electrons. The van der Waals surface area contributed by atoms with Gasteiger partial charge in [0.05, 0.1) is 5.71 Å². The summed E-state index contributed by atoms with van der Waals surface area (Å²) < 4.78 is 5.05. The lowest BCUT2D eigenvalue weighted by Gasteiger charge is -2.18. The number of amides is 1. The van der Waals surface area contributed by atoms with Crippen LogP contribution in [0.4, 0.5) is 4.79 Å². The van der Waals surface area contributed by atoms with Crippen LogP contribution in [0.2, 0.25) is 0 Å². The Labute approximate surface area is 90.4 Å². The van der Waals surface area contributed by atoms with Crippen molar-refractivity contribution < 1.29 is 9.53 Å². The predicted octanol–water partition coefficient (Wildman–Crippen LogP) is 2.61. The number of carbonyl (C=O) groups is 1. The van der Waals surface area contributed by atoms with Gasteiger partial charge in [0.1, 0.15) is 5.60 Å². The molecular formula is C11H18N2O2. The number of rotatable bonds is 1. The van der Waals surface area contributed by atoms with Crippen molar-refractivity contribution in [3.05, 3.63) is 12.2 Å². The van der Waals surface area contributed by atoms with Crippen molar-refractivity contribution in [2.75, 3.05) is 0 Å². The minimum atomic E-state index is -0.506. The molecule has 0 unspecified atom stereocenters. The second-order valence-corrected chi connectivity index (χ2v) is 4.51. The molecule has 0 aliphatic heterocycles. The molecule has 0 aromatic heterocycles. The highest BCUT2D eigenvalue weighted by Gasteiger charge is 2.15. The number of hydrazone groups is 1. The molecule has 0 bridgehead atoms. The zero-order valence-corrected chi connectivity index (χ0v) is 9.54. The molecule has 0 fully saturated rings. The zero-order valence-electron chi connectivity index (χ0n) is 9.54. The highest BCUT2D eigenvalue weighted by Crippen LogP contribution is 2.08. The average molecular weight is 210 g/mol. The maximum Gasteiger partial charge on any atom is 0.428 e. The quantitative estimate of drug-likeness (QED) is 0.676. The SMILES string of the molecule is CC(C)(C)OC(=O)N/N=C1\C=CCCC1. The van der Waals surface area contributed by atoms with E-state index in [1.54, 1.807) is 0 Å². The Kier molecular flexibility index (Phi) is 3.88. The van der Waals surface area contributed by atoms with E-state index in [4.69, 9.17) is 4.74 Å². The molecule has 1 N–H and O–H groups in total. The molecule has 15 heavy (non-hydrogen) atoms. The van der Waals surface area contributed by atoms with Crippen LogP contribution in [0.25, 0.3) is 0 Å². The van der Waals surface area contributed by atoms with Crippen molar-refractivity contribution in [2.24, 2.45) is 5.10 Å². The summed E-state index contributed by atoms with van der Waals surface area (Å²) in [5, 5.41) is 3.97. The van der Waals surface area contributed by atoms with Crippen LogP contribution in [0.3, 0.4) is 0 Å². The second-order valence-electron chi connectivity index (χ2n) is 4.51. The van der Waals surface area contributed by atoms with Crippen molar-refractivity contribution in [1.82, 2.24) is 5.43 Å². The number of hydrogen-bond donors (Lipinski definition) is 1. The van der Waals surface area contributed by atoms with Crippen LogP contribution in [-0.2, 0) is 4.74 Å². The monoisotopic (exact) mass is 210 g/mol. The summed E-state index contributed by atoms with van der Waals surface area (Å²) in [7, 11) is 0. The maximum atomic E-state index is 11.2. The summed E-state index contributed by atoms with van der Waals surface area (Å²) in [5.74, 6) is 0. The summed E-state index contributed by atoms with van der Waals surface area (Å²) in [6.45, 7) is 5.46. The van der Waals surface area contributed by atoms with Gasteiger partial charge in [-0.1, -0.05) is 6.08 Å². The Balaban J connectivity index is 2.39. The van der Waals surface area contributed by atoms with Gasteiger partial charge in [0, 0.05) is 0 Å². The number of allylic oxidation sites excluding steroid dienone is 2. The highest BCUT2D eigenvalue weighted by molar-refractivity contribution is 5.95. The van der Waals surface area contributed by atoms with Gasteiger partial charge >= 0.3 is 6.09 Å². The Morgan fingerprint density at radius 3 is 2.80 bits per heavy atom. The van der Waals surface area contributed by atoms with Crippen LogP contribution in [0.5, 0.6) is 0 Å². The fraction of sp³-hybridized carbons (Fsp3) is 0.636. The van der Waals surface area contributed by atoms with E-state index in [9.17, 15) is 4.79 Å². The number of ether oxygens (including phenoxy) is 1. The predicted molar refractivity (Wildman–Crippen MR) is 59.8 cm³/mol. The fourth-order valence-corrected chi connectivity index (χ4v) is 1.22. The van der Waals surface area contributed by atoms with E-state index in [1.807, 2.05) is 26.8 Å². The van der Waals surface area contributed by atoms with Crippen LogP contribution in [0, 0.1) is 0 Å². The second kappa shape index (κ2) is 4.96. The zero-order chi connectivity index (χ0) is 11.3. The van der Waals surface area contributed by atoms with Gasteiger partial charge in [-0.3, -0.25) is 0 Å². The molecule has 84 valence electrons. The van der Waals surface area contributed by atoms with Crippen LogP contribution >= 0.6 is 0 Å². The van der Waals surface area contributed by atoms with Gasteiger partial charge in [-0.05, 0) is 46.1 Å². The Morgan fingerprint density at radius 1 is 1.53 bits per heavy atom. The molecular weight excluding hydrogens is 192 g/mol. The van der Waals surface area contributed by atoms with E-state index in [2.05, 4.69) is 16.6 Å². The Hall–Kier alpha value is -1.32. The number of nitrogens with zero attached hydrogens (tertiary/aromatic N) is 1. The number of carbonyl (C=O) groups excluding carboxylic acids is 1. The van der Waals surface area contributed by atoms with Crippen LogP contribution in [0.15, 0.2) is 17.3 Å². The molecule has 1 aliphatic rings. The topological polar surface area (TPSA) is 50.7 Å². The molecule has 0 saturated carbocycles. The summed E-state index contributed by atoms with van der Waals surface area (Å²) in [4.78, 5) is 11.2. The van der Waals surface area contributed by atoms with Crippen molar-refractivity contribution in [3.63, 3.8) is 0 Å². The summed E-state index contributed by atoms with van der Waals surface area (Å²) in [6.07, 6.45) is 6.57. The maximum absolute atomic E-state index is 11.2. The normalized spacial score (nSPS) is 19.0. The molecule has 4 heteroatoms. The minimum Gasteiger partial charge on any atom is -0.443 e. The first kappa shape index (κ1) is 11.8. The van der Waals surface area contributed by atoms with Gasteiger partial charge in [0.25, 0.3) is 0 Å². The molecule has 0 aromatic rings. The lowest BCUT2D eigenvalue weighted by atomic mass is 10.1. The first-order valence-electron chi connectivity index (χ1n) is 5.19. The molecule has 0 atom stereocenters. The smallest absolute Gasteiger partial charge is 0.428 e. The van der Waals surface area contributed by atoms with Crippen LogP contribution in [0.1, 0.15) is 40.0 Å². The third-order valence-corrected chi connectivity index (χ3v) is 1.80. The van der Waals surface area contributed by atoms with Gasteiger partial charge in [-0.15, -0.1) is 0 Å². The van der Waals surface area contributed by atoms with E-state index in [1.165, 1.54) is 0 Å². The number of hydrogen-bond acceptors (Lipinski definition) is 3. The lowest BCUT2D eigenvalue weighted by Crippen LogP contribution is -2.30. The van der Waals surface area contributed by atoms with Crippen molar-refractivity contribution in [2.45, 2.75) is 45.6 Å². The van der Waals surface area contributed by atoms with Crippen molar-refractivity contribution in [3.8, 4) is 0 Å². The Morgan fingerprint density at radius 2 is 2.27 bits per heavy atom.